The van der Waals surface area contributed by atoms with E-state index in [1.807, 2.05) is 11.8 Å². The normalized spacial score (nSPS) is 17.9. The lowest BCUT2D eigenvalue weighted by Gasteiger charge is -2.39. The van der Waals surface area contributed by atoms with Crippen LogP contribution in [0.15, 0.2) is 24.5 Å². The van der Waals surface area contributed by atoms with E-state index in [9.17, 15) is 13.6 Å². The highest BCUT2D eigenvalue weighted by molar-refractivity contribution is 7.22. The van der Waals surface area contributed by atoms with Crippen molar-refractivity contribution in [2.24, 2.45) is 7.05 Å². The molecule has 3 heterocycles. The largest absolute Gasteiger partial charge is 0.344 e. The standard InChI is InChI=1S/C17H17F2N5OS/c1-10-8-23(3-4-24(10)16(25)11-7-20-22(2)9-11)17-21-15-13(19)5-12(18)6-14(15)26-17/h5-7,9-10H,3-4,8H2,1-2H3. The zero-order chi connectivity index (χ0) is 18.4. The minimum atomic E-state index is -0.652. The zero-order valence-electron chi connectivity index (χ0n) is 14.3. The van der Waals surface area contributed by atoms with Gasteiger partial charge in [-0.3, -0.25) is 9.48 Å². The molecule has 2 aromatic heterocycles. The van der Waals surface area contributed by atoms with Crippen molar-refractivity contribution in [1.82, 2.24) is 19.7 Å². The molecule has 1 fully saturated rings. The van der Waals surface area contributed by atoms with E-state index in [1.165, 1.54) is 17.4 Å². The number of hydrogen-bond acceptors (Lipinski definition) is 5. The van der Waals surface area contributed by atoms with Crippen LogP contribution in [0.4, 0.5) is 13.9 Å². The number of hydrogen-bond donors (Lipinski definition) is 0. The molecule has 0 bridgehead atoms. The number of piperazine rings is 1. The van der Waals surface area contributed by atoms with Crippen molar-refractivity contribution in [2.75, 3.05) is 24.5 Å². The van der Waals surface area contributed by atoms with E-state index in [0.717, 1.165) is 6.07 Å². The van der Waals surface area contributed by atoms with Gasteiger partial charge in [0.05, 0.1) is 16.5 Å². The number of aryl methyl sites for hydroxylation is 1. The molecular weight excluding hydrogens is 360 g/mol. The highest BCUT2D eigenvalue weighted by atomic mass is 32.1. The molecule has 136 valence electrons. The van der Waals surface area contributed by atoms with Crippen molar-refractivity contribution in [2.45, 2.75) is 13.0 Å². The van der Waals surface area contributed by atoms with Crippen molar-refractivity contribution >= 4 is 32.6 Å². The van der Waals surface area contributed by atoms with Crippen LogP contribution in [0.1, 0.15) is 17.3 Å². The van der Waals surface area contributed by atoms with Crippen molar-refractivity contribution in [3.8, 4) is 0 Å². The number of amides is 1. The Hall–Kier alpha value is -2.55. The van der Waals surface area contributed by atoms with Crippen molar-refractivity contribution < 1.29 is 13.6 Å². The Balaban J connectivity index is 1.53. The van der Waals surface area contributed by atoms with Crippen LogP contribution in [0, 0.1) is 11.6 Å². The third kappa shape index (κ3) is 2.92. The minimum Gasteiger partial charge on any atom is -0.344 e. The number of fused-ring (bicyclic) bond motifs is 1. The van der Waals surface area contributed by atoms with Crippen molar-refractivity contribution in [1.29, 1.82) is 0 Å². The SMILES string of the molecule is CC1CN(c2nc3c(F)cc(F)cc3s2)CCN1C(=O)c1cnn(C)c1. The van der Waals surface area contributed by atoms with Gasteiger partial charge in [0.2, 0.25) is 0 Å². The Bertz CT molecular complexity index is 985. The average molecular weight is 377 g/mol. The molecule has 1 amide bonds. The summed E-state index contributed by atoms with van der Waals surface area (Å²) in [4.78, 5) is 20.8. The molecule has 6 nitrogen and oxygen atoms in total. The number of rotatable bonds is 2. The van der Waals surface area contributed by atoms with E-state index >= 15 is 0 Å². The molecule has 0 aliphatic carbocycles. The molecule has 1 atom stereocenters. The predicted octanol–water partition coefficient (Wildman–Crippen LogP) is 2.66. The molecule has 1 aromatic carbocycles. The van der Waals surface area contributed by atoms with Crippen molar-refractivity contribution in [3.63, 3.8) is 0 Å². The molecule has 0 N–H and O–H groups in total. The number of halogens is 2. The fourth-order valence-electron chi connectivity index (χ4n) is 3.21. The van der Waals surface area contributed by atoms with Gasteiger partial charge >= 0.3 is 0 Å². The first-order valence-corrected chi connectivity index (χ1v) is 9.04. The van der Waals surface area contributed by atoms with Gasteiger partial charge in [-0.05, 0) is 13.0 Å². The highest BCUT2D eigenvalue weighted by Gasteiger charge is 2.30. The second kappa shape index (κ2) is 6.31. The van der Waals surface area contributed by atoms with Crippen LogP contribution >= 0.6 is 11.3 Å². The predicted molar refractivity (Wildman–Crippen MR) is 95.5 cm³/mol. The Morgan fingerprint density at radius 3 is 2.81 bits per heavy atom. The Kier molecular flexibility index (Phi) is 4.10. The molecule has 1 saturated heterocycles. The van der Waals surface area contributed by atoms with E-state index in [4.69, 9.17) is 0 Å². The topological polar surface area (TPSA) is 54.3 Å². The van der Waals surface area contributed by atoms with Gasteiger partial charge in [-0.1, -0.05) is 11.3 Å². The fraction of sp³-hybridized carbons (Fsp3) is 0.353. The van der Waals surface area contributed by atoms with E-state index in [1.54, 1.807) is 29.0 Å². The number of aromatic nitrogens is 3. The van der Waals surface area contributed by atoms with Gasteiger partial charge in [-0.15, -0.1) is 0 Å². The summed E-state index contributed by atoms with van der Waals surface area (Å²) >= 11 is 1.26. The third-order valence-electron chi connectivity index (χ3n) is 4.51. The Morgan fingerprint density at radius 2 is 2.12 bits per heavy atom. The van der Waals surface area contributed by atoms with E-state index in [2.05, 4.69) is 10.1 Å². The number of benzene rings is 1. The first-order valence-electron chi connectivity index (χ1n) is 8.22. The number of carbonyl (C=O) groups is 1. The van der Waals surface area contributed by atoms with Crippen LogP contribution < -0.4 is 4.90 Å². The summed E-state index contributed by atoms with van der Waals surface area (Å²) < 4.78 is 29.4. The van der Waals surface area contributed by atoms with Gasteiger partial charge < -0.3 is 9.80 Å². The molecule has 0 radical (unpaired) electrons. The second-order valence-corrected chi connectivity index (χ2v) is 7.44. The molecule has 1 aliphatic rings. The molecule has 1 aliphatic heterocycles. The number of anilines is 1. The first kappa shape index (κ1) is 16.9. The molecule has 4 rings (SSSR count). The van der Waals surface area contributed by atoms with Crippen LogP contribution in [0.3, 0.4) is 0 Å². The summed E-state index contributed by atoms with van der Waals surface area (Å²) in [6, 6.07) is 2.11. The summed E-state index contributed by atoms with van der Waals surface area (Å²) in [7, 11) is 1.77. The lowest BCUT2D eigenvalue weighted by molar-refractivity contribution is 0.0674. The molecule has 1 unspecified atom stereocenters. The van der Waals surface area contributed by atoms with E-state index < -0.39 is 11.6 Å². The molecule has 26 heavy (non-hydrogen) atoms. The second-order valence-electron chi connectivity index (χ2n) is 6.43. The Morgan fingerprint density at radius 1 is 1.31 bits per heavy atom. The van der Waals surface area contributed by atoms with Crippen LogP contribution in [0.2, 0.25) is 0 Å². The van der Waals surface area contributed by atoms with Gasteiger partial charge in [-0.25, -0.2) is 13.8 Å². The maximum atomic E-state index is 13.9. The summed E-state index contributed by atoms with van der Waals surface area (Å²) in [5, 5.41) is 4.69. The highest BCUT2D eigenvalue weighted by Crippen LogP contribution is 2.32. The van der Waals surface area contributed by atoms with Gasteiger partial charge in [0.1, 0.15) is 11.3 Å². The number of nitrogens with zero attached hydrogens (tertiary/aromatic N) is 5. The van der Waals surface area contributed by atoms with Crippen LogP contribution in [0.5, 0.6) is 0 Å². The lowest BCUT2D eigenvalue weighted by Crippen LogP contribution is -2.54. The summed E-state index contributed by atoms with van der Waals surface area (Å²) in [5.41, 5.74) is 0.748. The lowest BCUT2D eigenvalue weighted by atomic mass is 10.1. The fourth-order valence-corrected chi connectivity index (χ4v) is 4.25. The summed E-state index contributed by atoms with van der Waals surface area (Å²) in [6.07, 6.45) is 3.26. The number of carbonyl (C=O) groups excluding carboxylic acids is 1. The van der Waals surface area contributed by atoms with E-state index in [-0.39, 0.29) is 17.5 Å². The van der Waals surface area contributed by atoms with Gasteiger partial charge in [-0.2, -0.15) is 5.10 Å². The maximum Gasteiger partial charge on any atom is 0.257 e. The van der Waals surface area contributed by atoms with Crippen molar-refractivity contribution in [3.05, 3.63) is 41.7 Å². The monoisotopic (exact) mass is 377 g/mol. The van der Waals surface area contributed by atoms with Crippen LogP contribution in [-0.4, -0.2) is 51.2 Å². The van der Waals surface area contributed by atoms with Crippen LogP contribution in [0.25, 0.3) is 10.2 Å². The quantitative estimate of drug-likeness (QED) is 0.689. The molecule has 9 heteroatoms. The van der Waals surface area contributed by atoms with Gasteiger partial charge in [0.15, 0.2) is 10.9 Å². The van der Waals surface area contributed by atoms with Gasteiger partial charge in [0, 0.05) is 45.0 Å². The summed E-state index contributed by atoms with van der Waals surface area (Å²) in [5.74, 6) is -1.31. The van der Waals surface area contributed by atoms with Crippen LogP contribution in [-0.2, 0) is 7.05 Å². The molecule has 0 spiro atoms. The molecule has 3 aromatic rings. The smallest absolute Gasteiger partial charge is 0.257 e. The van der Waals surface area contributed by atoms with Gasteiger partial charge in [0.25, 0.3) is 5.91 Å². The zero-order valence-corrected chi connectivity index (χ0v) is 15.1. The molecule has 0 saturated carbocycles. The van der Waals surface area contributed by atoms with E-state index in [0.29, 0.717) is 35.0 Å². The maximum absolute atomic E-state index is 13.9. The average Bonchev–Trinajstić information content (AvgIpc) is 3.20. The Labute approximate surface area is 152 Å². The minimum absolute atomic E-state index is 0.0370. The first-order chi connectivity index (χ1) is 12.4. The molecular formula is C17H17F2N5OS. The third-order valence-corrected chi connectivity index (χ3v) is 5.58. The summed E-state index contributed by atoms with van der Waals surface area (Å²) in [6.45, 7) is 3.66. The number of thiazole rings is 1.